The molecule has 0 unspecified atom stereocenters. The predicted molar refractivity (Wildman–Crippen MR) is 103 cm³/mol. The van der Waals surface area contributed by atoms with Crippen molar-refractivity contribution in [3.05, 3.63) is 92.6 Å². The van der Waals surface area contributed by atoms with E-state index in [9.17, 15) is 0 Å². The van der Waals surface area contributed by atoms with Gasteiger partial charge >= 0.3 is 0 Å². The van der Waals surface area contributed by atoms with Gasteiger partial charge in [0.05, 0.1) is 0 Å². The molecule has 2 aromatic carbocycles. The first-order chi connectivity index (χ1) is 10.6. The molecule has 0 heterocycles. The quantitative estimate of drug-likeness (QED) is 0.360. The standard InChI is InChI=1S/2C8H10.C4H8.C2H5.3Y/c2*1-2-8-6-4-3-5-7-8;1-4(2)3;1-2;;;/h2*3-7H,2H2,1H3;4H,1-2H2,3H3;1H2,2H3;;;/q;;-2;-1;;;. The van der Waals surface area contributed by atoms with Crippen molar-refractivity contribution in [2.24, 2.45) is 5.92 Å². The summed E-state index contributed by atoms with van der Waals surface area (Å²) in [6.07, 6.45) is 2.28. The van der Waals surface area contributed by atoms with Crippen LogP contribution in [0.4, 0.5) is 0 Å². The maximum atomic E-state index is 3.53. The Kier molecular flexibility index (Phi) is 45.7. The topological polar surface area (TPSA) is 0 Å². The molecule has 0 aliphatic carbocycles. The van der Waals surface area contributed by atoms with Crippen LogP contribution in [0.15, 0.2) is 60.7 Å². The second-order valence-corrected chi connectivity index (χ2v) is 4.78. The molecular formula is C22H33Y3-3. The fraction of sp³-hybridized carbons (Fsp3) is 0.318. The van der Waals surface area contributed by atoms with Gasteiger partial charge in [-0.3, -0.25) is 0 Å². The Bertz CT molecular complexity index is 372. The third-order valence-corrected chi connectivity index (χ3v) is 2.50. The Morgan fingerprint density at radius 2 is 0.840 bits per heavy atom. The van der Waals surface area contributed by atoms with Gasteiger partial charge in [-0.15, -0.1) is 6.92 Å². The van der Waals surface area contributed by atoms with Crippen LogP contribution in [-0.4, -0.2) is 0 Å². The number of aryl methyl sites for hydroxylation is 2. The van der Waals surface area contributed by atoms with Crippen molar-refractivity contribution < 1.29 is 98.1 Å². The van der Waals surface area contributed by atoms with E-state index in [2.05, 4.69) is 83.1 Å². The third-order valence-electron chi connectivity index (χ3n) is 2.50. The summed E-state index contributed by atoms with van der Waals surface area (Å²) in [5.74, 6) is 0.333. The normalized spacial score (nSPS) is 7.52. The predicted octanol–water partition coefficient (Wildman–Crippen LogP) is 6.62. The molecule has 0 aliphatic rings. The average molecular weight is 564 g/mol. The van der Waals surface area contributed by atoms with E-state index in [1.54, 1.807) is 6.92 Å². The van der Waals surface area contributed by atoms with Gasteiger partial charge in [-0.2, -0.15) is 6.92 Å². The van der Waals surface area contributed by atoms with Crippen LogP contribution in [0.25, 0.3) is 0 Å². The Labute approximate surface area is 233 Å². The summed E-state index contributed by atoms with van der Waals surface area (Å²) < 4.78 is 0. The number of hydrogen-bond acceptors (Lipinski definition) is 0. The Morgan fingerprint density at radius 1 is 0.640 bits per heavy atom. The van der Waals surface area contributed by atoms with Crippen LogP contribution in [0.2, 0.25) is 0 Å². The first-order valence-electron chi connectivity index (χ1n) is 8.04. The molecule has 0 atom stereocenters. The fourth-order valence-electron chi connectivity index (χ4n) is 1.43. The fourth-order valence-corrected chi connectivity index (χ4v) is 1.43. The Hall–Kier alpha value is 1.75. The van der Waals surface area contributed by atoms with Gasteiger partial charge in [0.2, 0.25) is 0 Å². The largest absolute Gasteiger partial charge is 0.370 e. The molecule has 133 valence electrons. The maximum absolute atomic E-state index is 3.53. The van der Waals surface area contributed by atoms with Gasteiger partial charge in [-0.05, 0) is 24.0 Å². The minimum atomic E-state index is 0. The molecule has 0 N–H and O–H groups in total. The van der Waals surface area contributed by atoms with Gasteiger partial charge in [0, 0.05) is 98.1 Å². The van der Waals surface area contributed by atoms with E-state index in [0.29, 0.717) is 5.92 Å². The zero-order chi connectivity index (χ0) is 17.2. The smallest absolute Gasteiger partial charge is 0 e. The maximum Gasteiger partial charge on any atom is 0 e. The summed E-state index contributed by atoms with van der Waals surface area (Å²) in [5.41, 5.74) is 2.82. The van der Waals surface area contributed by atoms with Crippen LogP contribution in [-0.2, 0) is 111 Å². The van der Waals surface area contributed by atoms with Crippen molar-refractivity contribution >= 4 is 0 Å². The van der Waals surface area contributed by atoms with E-state index in [-0.39, 0.29) is 98.1 Å². The first kappa shape index (κ1) is 37.5. The van der Waals surface area contributed by atoms with Gasteiger partial charge < -0.3 is 26.7 Å². The second-order valence-electron chi connectivity index (χ2n) is 4.78. The molecule has 0 nitrogen and oxygen atoms in total. The zero-order valence-corrected chi connectivity index (χ0v) is 25.1. The van der Waals surface area contributed by atoms with Gasteiger partial charge in [0.25, 0.3) is 0 Å². The van der Waals surface area contributed by atoms with Crippen molar-refractivity contribution in [3.8, 4) is 0 Å². The van der Waals surface area contributed by atoms with Crippen molar-refractivity contribution in [3.63, 3.8) is 0 Å². The molecule has 0 saturated carbocycles. The van der Waals surface area contributed by atoms with E-state index in [1.165, 1.54) is 11.1 Å². The van der Waals surface area contributed by atoms with Crippen LogP contribution in [0.5, 0.6) is 0 Å². The number of benzene rings is 2. The molecule has 3 radical (unpaired) electrons. The van der Waals surface area contributed by atoms with Gasteiger partial charge in [0.15, 0.2) is 0 Å². The molecule has 0 amide bonds. The van der Waals surface area contributed by atoms with Crippen molar-refractivity contribution in [2.75, 3.05) is 0 Å². The summed E-state index contributed by atoms with van der Waals surface area (Å²) in [4.78, 5) is 0. The van der Waals surface area contributed by atoms with Crippen LogP contribution < -0.4 is 0 Å². The van der Waals surface area contributed by atoms with Gasteiger partial charge in [0.1, 0.15) is 0 Å². The minimum absolute atomic E-state index is 0. The monoisotopic (exact) mass is 564 g/mol. The molecular weight excluding hydrogens is 531 g/mol. The molecule has 0 spiro atoms. The number of rotatable bonds is 2. The van der Waals surface area contributed by atoms with Crippen molar-refractivity contribution in [1.29, 1.82) is 0 Å². The third kappa shape index (κ3) is 30.7. The zero-order valence-electron chi connectivity index (χ0n) is 16.6. The van der Waals surface area contributed by atoms with E-state index in [4.69, 9.17) is 0 Å². The molecule has 0 fully saturated rings. The molecule has 0 bridgehead atoms. The van der Waals surface area contributed by atoms with Gasteiger partial charge in [-0.25, -0.2) is 0 Å². The molecule has 0 aliphatic heterocycles. The Morgan fingerprint density at radius 3 is 0.960 bits per heavy atom. The molecule has 2 rings (SSSR count). The van der Waals surface area contributed by atoms with Crippen LogP contribution in [0.1, 0.15) is 38.8 Å². The summed E-state index contributed by atoms with van der Waals surface area (Å²) in [7, 11) is 0. The van der Waals surface area contributed by atoms with E-state index in [1.807, 2.05) is 19.1 Å². The second kappa shape index (κ2) is 30.5. The van der Waals surface area contributed by atoms with Crippen LogP contribution in [0, 0.1) is 26.7 Å². The molecule has 0 aromatic heterocycles. The van der Waals surface area contributed by atoms with Gasteiger partial charge in [-0.1, -0.05) is 74.5 Å². The van der Waals surface area contributed by atoms with E-state index in [0.717, 1.165) is 12.8 Å². The van der Waals surface area contributed by atoms with Crippen molar-refractivity contribution in [1.82, 2.24) is 0 Å². The summed E-state index contributed by atoms with van der Waals surface area (Å²) >= 11 is 0. The molecule has 2 aromatic rings. The summed E-state index contributed by atoms with van der Waals surface area (Å²) in [6, 6.07) is 20.9. The van der Waals surface area contributed by atoms with E-state index >= 15 is 0 Å². The average Bonchev–Trinajstić information content (AvgIpc) is 2.58. The molecule has 0 saturated heterocycles. The Balaban J connectivity index is -0.0000000752. The SMILES string of the molecule is CCc1ccccc1.CCc1ccccc1.[CH2-]C.[CH2-]C([CH2-])C.[Y].[Y].[Y]. The summed E-state index contributed by atoms with van der Waals surface area (Å²) in [5, 5.41) is 0. The molecule has 3 heteroatoms. The van der Waals surface area contributed by atoms with Crippen LogP contribution >= 0.6 is 0 Å². The first-order valence-corrected chi connectivity index (χ1v) is 8.04. The van der Waals surface area contributed by atoms with Crippen molar-refractivity contribution in [2.45, 2.75) is 40.5 Å². The van der Waals surface area contributed by atoms with Crippen LogP contribution in [0.3, 0.4) is 0 Å². The summed E-state index contributed by atoms with van der Waals surface area (Å²) in [6.45, 7) is 18.3. The van der Waals surface area contributed by atoms with E-state index < -0.39 is 0 Å². The molecule has 25 heavy (non-hydrogen) atoms. The number of hydrogen-bond donors (Lipinski definition) is 0. The minimum Gasteiger partial charge on any atom is -0.370 e.